The van der Waals surface area contributed by atoms with Crippen molar-refractivity contribution in [1.82, 2.24) is 0 Å². The maximum absolute atomic E-state index is 10.7. The second-order valence-electron chi connectivity index (χ2n) is 8.62. The summed E-state index contributed by atoms with van der Waals surface area (Å²) in [6.45, 7) is 14.0. The molecule has 3 N–H and O–H groups in total. The topological polar surface area (TPSA) is 60.7 Å². The molecule has 0 aliphatic heterocycles. The van der Waals surface area contributed by atoms with Gasteiger partial charge in [0.05, 0.1) is 17.3 Å². The third kappa shape index (κ3) is 4.14. The summed E-state index contributed by atoms with van der Waals surface area (Å²) in [6.07, 6.45) is 3.95. The fraction of sp³-hybridized carbons (Fsp3) is 0.800. The molecule has 0 aromatic carbocycles. The minimum atomic E-state index is -1.04. The van der Waals surface area contributed by atoms with E-state index in [9.17, 15) is 15.3 Å². The molecule has 2 rings (SSSR count). The largest absolute Gasteiger partial charge is 0.390 e. The molecule has 0 spiro atoms. The zero-order chi connectivity index (χ0) is 18.3. The minimum absolute atomic E-state index is 0.0324. The van der Waals surface area contributed by atoms with E-state index in [0.717, 1.165) is 36.8 Å². The molecular weight excluding hydrogens is 368 g/mol. The Morgan fingerprint density at radius 3 is 2.25 bits per heavy atom. The van der Waals surface area contributed by atoms with Crippen molar-refractivity contribution < 1.29 is 15.3 Å². The molecule has 0 unspecified atom stereocenters. The van der Waals surface area contributed by atoms with Gasteiger partial charge in [-0.25, -0.2) is 0 Å². The van der Waals surface area contributed by atoms with Crippen molar-refractivity contribution in [3.63, 3.8) is 0 Å². The summed E-state index contributed by atoms with van der Waals surface area (Å²) in [4.78, 5) is 0.0665. The van der Waals surface area contributed by atoms with Crippen molar-refractivity contribution in [1.29, 1.82) is 0 Å². The van der Waals surface area contributed by atoms with Crippen molar-refractivity contribution >= 4 is 15.9 Å². The summed E-state index contributed by atoms with van der Waals surface area (Å²) in [7, 11) is 0. The zero-order valence-electron chi connectivity index (χ0n) is 15.3. The van der Waals surface area contributed by atoms with E-state index in [0.29, 0.717) is 18.8 Å². The molecule has 2 fully saturated rings. The SMILES string of the molecule is C=C(C[C@@H]1[C@@H](C(=C)C)CC[C@](C)(O)[C@H]1O)[C@@H]1CC[C@](C)(O)[C@H](Br)C1. The Morgan fingerprint density at radius 1 is 1.12 bits per heavy atom. The molecule has 4 heteroatoms. The van der Waals surface area contributed by atoms with Gasteiger partial charge >= 0.3 is 0 Å². The fourth-order valence-corrected chi connectivity index (χ4v) is 5.12. The average molecular weight is 401 g/mol. The van der Waals surface area contributed by atoms with Crippen molar-refractivity contribution in [2.24, 2.45) is 17.8 Å². The summed E-state index contributed by atoms with van der Waals surface area (Å²) >= 11 is 3.61. The number of halogens is 1. The number of aliphatic hydroxyl groups excluding tert-OH is 1. The van der Waals surface area contributed by atoms with Crippen LogP contribution in [-0.2, 0) is 0 Å². The van der Waals surface area contributed by atoms with E-state index in [1.54, 1.807) is 6.92 Å². The Kier molecular flexibility index (Phi) is 6.06. The first-order valence-corrected chi connectivity index (χ1v) is 9.97. The maximum Gasteiger partial charge on any atom is 0.0880 e. The molecule has 2 aliphatic rings. The van der Waals surface area contributed by atoms with Crippen molar-refractivity contribution in [3.05, 3.63) is 24.3 Å². The molecule has 0 aromatic rings. The van der Waals surface area contributed by atoms with E-state index in [-0.39, 0.29) is 16.7 Å². The van der Waals surface area contributed by atoms with Gasteiger partial charge in [-0.3, -0.25) is 0 Å². The Bertz CT molecular complexity index is 497. The first-order valence-electron chi connectivity index (χ1n) is 9.05. The van der Waals surface area contributed by atoms with Crippen LogP contribution in [0.5, 0.6) is 0 Å². The quantitative estimate of drug-likeness (QED) is 0.494. The number of alkyl halides is 1. The molecule has 0 amide bonds. The summed E-state index contributed by atoms with van der Waals surface area (Å²) in [5, 5.41) is 31.5. The molecule has 24 heavy (non-hydrogen) atoms. The highest BCUT2D eigenvalue weighted by atomic mass is 79.9. The highest BCUT2D eigenvalue weighted by molar-refractivity contribution is 9.09. The third-order valence-electron chi connectivity index (χ3n) is 6.39. The van der Waals surface area contributed by atoms with Gasteiger partial charge in [-0.1, -0.05) is 40.2 Å². The van der Waals surface area contributed by atoms with E-state index < -0.39 is 17.3 Å². The predicted molar refractivity (Wildman–Crippen MR) is 102 cm³/mol. The number of allylic oxidation sites excluding steroid dienone is 2. The van der Waals surface area contributed by atoms with E-state index >= 15 is 0 Å². The molecule has 0 bridgehead atoms. The van der Waals surface area contributed by atoms with Crippen molar-refractivity contribution in [2.75, 3.05) is 0 Å². The van der Waals surface area contributed by atoms with Gasteiger partial charge in [0.1, 0.15) is 0 Å². The van der Waals surface area contributed by atoms with Crippen LogP contribution in [0, 0.1) is 17.8 Å². The van der Waals surface area contributed by atoms with Crippen LogP contribution in [0.3, 0.4) is 0 Å². The molecule has 2 saturated carbocycles. The van der Waals surface area contributed by atoms with Crippen LogP contribution in [0.4, 0.5) is 0 Å². The Hall–Kier alpha value is -0.160. The van der Waals surface area contributed by atoms with Crippen LogP contribution in [0.25, 0.3) is 0 Å². The van der Waals surface area contributed by atoms with Gasteiger partial charge in [0.25, 0.3) is 0 Å². The highest BCUT2D eigenvalue weighted by Crippen LogP contribution is 2.46. The van der Waals surface area contributed by atoms with E-state index in [1.807, 2.05) is 13.8 Å². The summed E-state index contributed by atoms with van der Waals surface area (Å²) in [5.74, 6) is 0.540. The lowest BCUT2D eigenvalue weighted by Crippen LogP contribution is -2.51. The molecule has 0 heterocycles. The Morgan fingerprint density at radius 2 is 1.71 bits per heavy atom. The second kappa shape index (κ2) is 7.22. The van der Waals surface area contributed by atoms with Crippen LogP contribution < -0.4 is 0 Å². The molecule has 0 saturated heterocycles. The lowest BCUT2D eigenvalue weighted by atomic mass is 9.64. The standard InChI is InChI=1S/C20H33BrO3/c1-12(2)15-7-9-20(5,24)18(22)16(15)10-13(3)14-6-8-19(4,23)17(21)11-14/h14-18,22-24H,1,3,6-11H2,2,4-5H3/t14-,15-,16-,17-,18+,19+,20+/m1/s1. The lowest BCUT2D eigenvalue weighted by Gasteiger charge is -2.46. The molecule has 2 aliphatic carbocycles. The average Bonchev–Trinajstić information content (AvgIpc) is 2.46. The van der Waals surface area contributed by atoms with Crippen LogP contribution >= 0.6 is 15.9 Å². The minimum Gasteiger partial charge on any atom is -0.390 e. The van der Waals surface area contributed by atoms with Crippen molar-refractivity contribution in [2.45, 2.75) is 81.4 Å². The Balaban J connectivity index is 2.09. The zero-order valence-corrected chi connectivity index (χ0v) is 16.8. The number of rotatable bonds is 4. The number of aliphatic hydroxyl groups is 3. The smallest absolute Gasteiger partial charge is 0.0880 e. The molecule has 138 valence electrons. The molecule has 0 aromatic heterocycles. The van der Waals surface area contributed by atoms with Gasteiger partial charge in [0.2, 0.25) is 0 Å². The second-order valence-corrected chi connectivity index (χ2v) is 9.72. The third-order valence-corrected chi connectivity index (χ3v) is 7.75. The van der Waals surface area contributed by atoms with Gasteiger partial charge in [-0.15, -0.1) is 0 Å². The highest BCUT2D eigenvalue weighted by Gasteiger charge is 2.46. The molecule has 0 radical (unpaired) electrons. The van der Waals surface area contributed by atoms with Crippen LogP contribution in [0.15, 0.2) is 24.3 Å². The van der Waals surface area contributed by atoms with E-state index in [1.165, 1.54) is 0 Å². The monoisotopic (exact) mass is 400 g/mol. The molecule has 3 nitrogen and oxygen atoms in total. The predicted octanol–water partition coefficient (Wildman–Crippen LogP) is 3.96. The summed E-state index contributed by atoms with van der Waals surface area (Å²) in [6, 6.07) is 0. The van der Waals surface area contributed by atoms with Crippen LogP contribution in [-0.4, -0.2) is 37.5 Å². The van der Waals surface area contributed by atoms with E-state index in [2.05, 4.69) is 29.1 Å². The van der Waals surface area contributed by atoms with Gasteiger partial charge in [-0.05, 0) is 77.0 Å². The molecular formula is C20H33BrO3. The van der Waals surface area contributed by atoms with Crippen molar-refractivity contribution in [3.8, 4) is 0 Å². The molecule has 7 atom stereocenters. The van der Waals surface area contributed by atoms with E-state index in [4.69, 9.17) is 0 Å². The normalized spacial score (nSPS) is 46.5. The number of hydrogen-bond acceptors (Lipinski definition) is 3. The van der Waals surface area contributed by atoms with Crippen LogP contribution in [0.1, 0.15) is 59.3 Å². The summed E-state index contributed by atoms with van der Waals surface area (Å²) < 4.78 is 0. The first kappa shape index (κ1) is 20.2. The first-order chi connectivity index (χ1) is 11.0. The summed E-state index contributed by atoms with van der Waals surface area (Å²) in [5.41, 5.74) is 0.506. The number of hydrogen-bond donors (Lipinski definition) is 3. The fourth-order valence-electron chi connectivity index (χ4n) is 4.44. The van der Waals surface area contributed by atoms with Gasteiger partial charge in [0.15, 0.2) is 0 Å². The lowest BCUT2D eigenvalue weighted by molar-refractivity contribution is -0.127. The maximum atomic E-state index is 10.7. The van der Waals surface area contributed by atoms with Crippen LogP contribution in [0.2, 0.25) is 0 Å². The Labute approximate surface area is 155 Å². The van der Waals surface area contributed by atoms with Gasteiger partial charge < -0.3 is 15.3 Å². The van der Waals surface area contributed by atoms with Gasteiger partial charge in [0, 0.05) is 4.83 Å². The van der Waals surface area contributed by atoms with Gasteiger partial charge in [-0.2, -0.15) is 0 Å².